The quantitative estimate of drug-likeness (QED) is 0.836. The minimum absolute atomic E-state index is 0.0446. The standard InChI is InChI=1S/C15H26N2O3/c1-12-5-4-9-17(10-6-12)14(20)16-15(11-13(18)19)7-2-3-8-15/h12H,2-11H2,1H3,(H,16,20)(H,18,19). The summed E-state index contributed by atoms with van der Waals surface area (Å²) in [6.45, 7) is 3.81. The molecule has 20 heavy (non-hydrogen) atoms. The van der Waals surface area contributed by atoms with Crippen molar-refractivity contribution in [2.45, 2.75) is 63.8 Å². The maximum absolute atomic E-state index is 12.4. The van der Waals surface area contributed by atoms with Gasteiger partial charge in [-0.3, -0.25) is 4.79 Å². The third-order valence-electron chi connectivity index (χ3n) is 4.73. The number of amides is 2. The van der Waals surface area contributed by atoms with Crippen molar-refractivity contribution in [3.8, 4) is 0 Å². The molecule has 5 heteroatoms. The molecule has 1 saturated carbocycles. The Morgan fingerprint density at radius 2 is 1.90 bits per heavy atom. The normalized spacial score (nSPS) is 26.1. The smallest absolute Gasteiger partial charge is 0.317 e. The van der Waals surface area contributed by atoms with E-state index in [2.05, 4.69) is 12.2 Å². The summed E-state index contributed by atoms with van der Waals surface area (Å²) in [5.74, 6) is -0.149. The van der Waals surface area contributed by atoms with Crippen LogP contribution in [0.25, 0.3) is 0 Å². The summed E-state index contributed by atoms with van der Waals surface area (Å²) in [6.07, 6.45) is 6.88. The molecule has 1 aliphatic heterocycles. The number of carboxylic acid groups (broad SMARTS) is 1. The monoisotopic (exact) mass is 282 g/mol. The summed E-state index contributed by atoms with van der Waals surface area (Å²) in [5.41, 5.74) is -0.513. The Morgan fingerprint density at radius 1 is 1.20 bits per heavy atom. The van der Waals surface area contributed by atoms with Gasteiger partial charge in [0.05, 0.1) is 12.0 Å². The van der Waals surface area contributed by atoms with E-state index in [4.69, 9.17) is 5.11 Å². The molecule has 114 valence electrons. The third-order valence-corrected chi connectivity index (χ3v) is 4.73. The Balaban J connectivity index is 1.95. The first kappa shape index (κ1) is 15.1. The van der Waals surface area contributed by atoms with Crippen molar-refractivity contribution >= 4 is 12.0 Å². The first-order valence-electron chi connectivity index (χ1n) is 7.80. The van der Waals surface area contributed by atoms with Gasteiger partial charge in [0, 0.05) is 13.1 Å². The van der Waals surface area contributed by atoms with Crippen molar-refractivity contribution in [1.82, 2.24) is 10.2 Å². The van der Waals surface area contributed by atoms with Gasteiger partial charge in [-0.2, -0.15) is 0 Å². The number of aliphatic carboxylic acids is 1. The van der Waals surface area contributed by atoms with E-state index in [1.807, 2.05) is 4.90 Å². The second-order valence-electron chi connectivity index (χ2n) is 6.51. The van der Waals surface area contributed by atoms with Gasteiger partial charge >= 0.3 is 12.0 Å². The average molecular weight is 282 g/mol. The SMILES string of the molecule is CC1CCCN(C(=O)NC2(CC(=O)O)CCCC2)CC1. The maximum atomic E-state index is 12.4. The lowest BCUT2D eigenvalue weighted by molar-refractivity contribution is -0.138. The van der Waals surface area contributed by atoms with Crippen molar-refractivity contribution in [1.29, 1.82) is 0 Å². The minimum atomic E-state index is -0.823. The second kappa shape index (κ2) is 6.46. The summed E-state index contributed by atoms with van der Waals surface area (Å²) in [5, 5.41) is 12.1. The first-order valence-corrected chi connectivity index (χ1v) is 7.80. The summed E-state index contributed by atoms with van der Waals surface area (Å²) < 4.78 is 0. The van der Waals surface area contributed by atoms with Gasteiger partial charge in [-0.25, -0.2) is 4.79 Å². The van der Waals surface area contributed by atoms with Crippen LogP contribution in [0.15, 0.2) is 0 Å². The predicted octanol–water partition coefficient (Wildman–Crippen LogP) is 2.61. The highest BCUT2D eigenvalue weighted by Gasteiger charge is 2.38. The molecule has 0 aromatic rings. The topological polar surface area (TPSA) is 69.6 Å². The van der Waals surface area contributed by atoms with Crippen LogP contribution in [0.1, 0.15) is 58.3 Å². The predicted molar refractivity (Wildman–Crippen MR) is 76.6 cm³/mol. The van der Waals surface area contributed by atoms with E-state index in [0.717, 1.165) is 51.6 Å². The van der Waals surface area contributed by atoms with Crippen LogP contribution in [0.4, 0.5) is 4.79 Å². The van der Waals surface area contributed by atoms with Gasteiger partial charge in [0.2, 0.25) is 0 Å². The second-order valence-corrected chi connectivity index (χ2v) is 6.51. The Bertz CT molecular complexity index is 364. The van der Waals surface area contributed by atoms with E-state index >= 15 is 0 Å². The van der Waals surface area contributed by atoms with Crippen molar-refractivity contribution in [2.24, 2.45) is 5.92 Å². The molecule has 0 aromatic carbocycles. The fraction of sp³-hybridized carbons (Fsp3) is 0.867. The zero-order valence-corrected chi connectivity index (χ0v) is 12.4. The molecule has 1 saturated heterocycles. The fourth-order valence-corrected chi connectivity index (χ4v) is 3.46. The van der Waals surface area contributed by atoms with E-state index in [0.29, 0.717) is 5.92 Å². The molecule has 2 rings (SSSR count). The first-order chi connectivity index (χ1) is 9.51. The molecule has 0 spiro atoms. The lowest BCUT2D eigenvalue weighted by Gasteiger charge is -2.32. The maximum Gasteiger partial charge on any atom is 0.317 e. The van der Waals surface area contributed by atoms with Crippen LogP contribution in [0.3, 0.4) is 0 Å². The number of nitrogens with zero attached hydrogens (tertiary/aromatic N) is 1. The summed E-state index contributed by atoms with van der Waals surface area (Å²) in [7, 11) is 0. The Kier molecular flexibility index (Phi) is 4.89. The van der Waals surface area contributed by atoms with Gasteiger partial charge in [0.15, 0.2) is 0 Å². The molecule has 0 radical (unpaired) electrons. The molecular weight excluding hydrogens is 256 g/mol. The highest BCUT2D eigenvalue weighted by Crippen LogP contribution is 2.33. The Labute approximate surface area is 120 Å². The number of likely N-dealkylation sites (tertiary alicyclic amines) is 1. The van der Waals surface area contributed by atoms with E-state index in [1.54, 1.807) is 0 Å². The average Bonchev–Trinajstić information content (AvgIpc) is 2.68. The molecule has 1 aliphatic carbocycles. The molecule has 2 aliphatic rings. The molecule has 2 fully saturated rings. The van der Waals surface area contributed by atoms with Crippen LogP contribution in [0, 0.1) is 5.92 Å². The molecular formula is C15H26N2O3. The number of carbonyl (C=O) groups excluding carboxylic acids is 1. The van der Waals surface area contributed by atoms with Crippen molar-refractivity contribution in [2.75, 3.05) is 13.1 Å². The van der Waals surface area contributed by atoms with Crippen LogP contribution >= 0.6 is 0 Å². The van der Waals surface area contributed by atoms with Crippen molar-refractivity contribution < 1.29 is 14.7 Å². The number of rotatable bonds is 3. The fourth-order valence-electron chi connectivity index (χ4n) is 3.46. The van der Waals surface area contributed by atoms with E-state index in [1.165, 1.54) is 6.42 Å². The van der Waals surface area contributed by atoms with E-state index in [9.17, 15) is 9.59 Å². The molecule has 1 atom stereocenters. The molecule has 2 amide bonds. The van der Waals surface area contributed by atoms with E-state index < -0.39 is 11.5 Å². The van der Waals surface area contributed by atoms with Gasteiger partial charge in [0.25, 0.3) is 0 Å². The molecule has 0 bridgehead atoms. The van der Waals surface area contributed by atoms with Gasteiger partial charge in [-0.05, 0) is 38.0 Å². The number of nitrogens with one attached hydrogen (secondary N) is 1. The van der Waals surface area contributed by atoms with E-state index in [-0.39, 0.29) is 12.5 Å². The lowest BCUT2D eigenvalue weighted by Crippen LogP contribution is -2.53. The van der Waals surface area contributed by atoms with Crippen LogP contribution in [-0.2, 0) is 4.79 Å². The third kappa shape index (κ3) is 3.87. The number of urea groups is 1. The molecule has 5 nitrogen and oxygen atoms in total. The summed E-state index contributed by atoms with van der Waals surface area (Å²) in [6, 6.07) is -0.0674. The molecule has 0 aromatic heterocycles. The summed E-state index contributed by atoms with van der Waals surface area (Å²) in [4.78, 5) is 25.3. The molecule has 1 unspecified atom stereocenters. The summed E-state index contributed by atoms with van der Waals surface area (Å²) >= 11 is 0. The zero-order valence-electron chi connectivity index (χ0n) is 12.4. The van der Waals surface area contributed by atoms with Crippen molar-refractivity contribution in [3.05, 3.63) is 0 Å². The highest BCUT2D eigenvalue weighted by molar-refractivity contribution is 5.77. The van der Waals surface area contributed by atoms with Crippen LogP contribution in [0.5, 0.6) is 0 Å². The van der Waals surface area contributed by atoms with Gasteiger partial charge in [0.1, 0.15) is 0 Å². The molecule has 2 N–H and O–H groups in total. The van der Waals surface area contributed by atoms with Gasteiger partial charge in [-0.1, -0.05) is 19.8 Å². The number of hydrogen-bond acceptors (Lipinski definition) is 2. The minimum Gasteiger partial charge on any atom is -0.481 e. The Morgan fingerprint density at radius 3 is 2.55 bits per heavy atom. The number of carbonyl (C=O) groups is 2. The number of carboxylic acids is 1. The van der Waals surface area contributed by atoms with Crippen LogP contribution in [0.2, 0.25) is 0 Å². The van der Waals surface area contributed by atoms with Gasteiger partial charge in [-0.15, -0.1) is 0 Å². The van der Waals surface area contributed by atoms with Crippen LogP contribution in [-0.4, -0.2) is 40.6 Å². The Hall–Kier alpha value is -1.26. The largest absolute Gasteiger partial charge is 0.481 e. The van der Waals surface area contributed by atoms with Gasteiger partial charge < -0.3 is 15.3 Å². The van der Waals surface area contributed by atoms with Crippen LogP contribution < -0.4 is 5.32 Å². The van der Waals surface area contributed by atoms with Crippen molar-refractivity contribution in [3.63, 3.8) is 0 Å². The lowest BCUT2D eigenvalue weighted by atomic mass is 9.93. The number of hydrogen-bond donors (Lipinski definition) is 2. The zero-order chi connectivity index (χ0) is 14.6. The highest BCUT2D eigenvalue weighted by atomic mass is 16.4. The molecule has 1 heterocycles.